The Kier molecular flexibility index (Phi) is 5.59. The molecule has 0 radical (unpaired) electrons. The van der Waals surface area contributed by atoms with Gasteiger partial charge in [0.1, 0.15) is 6.10 Å². The molecule has 4 rings (SSSR count). The summed E-state index contributed by atoms with van der Waals surface area (Å²) in [5.74, 6) is 0.113. The van der Waals surface area contributed by atoms with Crippen molar-refractivity contribution in [3.05, 3.63) is 29.8 Å². The number of piperazine rings is 1. The molecule has 146 valence electrons. The van der Waals surface area contributed by atoms with Gasteiger partial charge in [-0.3, -0.25) is 9.59 Å². The van der Waals surface area contributed by atoms with Crippen LogP contribution in [-0.4, -0.2) is 86.8 Å². The number of amides is 2. The van der Waals surface area contributed by atoms with E-state index in [4.69, 9.17) is 9.47 Å². The molecule has 3 aliphatic heterocycles. The fraction of sp³-hybridized carbons (Fsp3) is 0.600. The van der Waals surface area contributed by atoms with Crippen molar-refractivity contribution in [3.63, 3.8) is 0 Å². The van der Waals surface area contributed by atoms with Gasteiger partial charge in [-0.1, -0.05) is 0 Å². The fourth-order valence-electron chi connectivity index (χ4n) is 3.92. The fourth-order valence-corrected chi connectivity index (χ4v) is 3.92. The quantitative estimate of drug-likeness (QED) is 0.791. The number of anilines is 1. The van der Waals surface area contributed by atoms with Crippen LogP contribution in [0.3, 0.4) is 0 Å². The van der Waals surface area contributed by atoms with Gasteiger partial charge < -0.3 is 24.2 Å². The average molecular weight is 373 g/mol. The molecule has 1 aromatic carbocycles. The van der Waals surface area contributed by atoms with Gasteiger partial charge in [0, 0.05) is 57.1 Å². The number of rotatable bonds is 3. The summed E-state index contributed by atoms with van der Waals surface area (Å²) in [7, 11) is 0. The zero-order valence-electron chi connectivity index (χ0n) is 15.6. The van der Waals surface area contributed by atoms with Gasteiger partial charge in [-0.25, -0.2) is 0 Å². The minimum absolute atomic E-state index is 0.0349. The van der Waals surface area contributed by atoms with Gasteiger partial charge in [0.25, 0.3) is 11.8 Å². The highest BCUT2D eigenvalue weighted by atomic mass is 16.5. The van der Waals surface area contributed by atoms with Crippen LogP contribution in [-0.2, 0) is 14.3 Å². The summed E-state index contributed by atoms with van der Waals surface area (Å²) in [6, 6.07) is 7.82. The maximum atomic E-state index is 12.8. The third-order valence-corrected chi connectivity index (χ3v) is 5.57. The third-order valence-electron chi connectivity index (χ3n) is 5.57. The van der Waals surface area contributed by atoms with Crippen LogP contribution in [0.5, 0.6) is 0 Å². The van der Waals surface area contributed by atoms with Crippen molar-refractivity contribution >= 4 is 17.5 Å². The van der Waals surface area contributed by atoms with E-state index >= 15 is 0 Å². The van der Waals surface area contributed by atoms with E-state index < -0.39 is 0 Å². The molecule has 1 atom stereocenters. The summed E-state index contributed by atoms with van der Waals surface area (Å²) in [6.45, 7) is 6.24. The molecule has 3 saturated heterocycles. The molecule has 3 aliphatic rings. The summed E-state index contributed by atoms with van der Waals surface area (Å²) >= 11 is 0. The molecular weight excluding hydrogens is 346 g/mol. The van der Waals surface area contributed by atoms with Crippen molar-refractivity contribution in [2.75, 3.05) is 64.0 Å². The van der Waals surface area contributed by atoms with Crippen LogP contribution in [0.15, 0.2) is 24.3 Å². The molecule has 0 aliphatic carbocycles. The van der Waals surface area contributed by atoms with E-state index in [2.05, 4.69) is 4.90 Å². The minimum Gasteiger partial charge on any atom is -0.378 e. The van der Waals surface area contributed by atoms with Crippen LogP contribution in [0.1, 0.15) is 23.2 Å². The molecule has 0 N–H and O–H groups in total. The van der Waals surface area contributed by atoms with Crippen LogP contribution in [0.25, 0.3) is 0 Å². The molecule has 1 unspecified atom stereocenters. The van der Waals surface area contributed by atoms with E-state index in [0.29, 0.717) is 38.3 Å². The third kappa shape index (κ3) is 4.09. The smallest absolute Gasteiger partial charge is 0.253 e. The van der Waals surface area contributed by atoms with E-state index in [1.54, 1.807) is 0 Å². The standard InChI is InChI=1S/C20H27N3O4/c24-19(16-3-5-17(6-4-16)21-11-14-26-15-12-21)22-7-9-23(10-8-22)20(25)18-2-1-13-27-18/h3-6,18H,1-2,7-15H2. The molecule has 0 aromatic heterocycles. The van der Waals surface area contributed by atoms with Gasteiger partial charge in [0.15, 0.2) is 0 Å². The highest BCUT2D eigenvalue weighted by Crippen LogP contribution is 2.19. The first-order valence-corrected chi connectivity index (χ1v) is 9.85. The van der Waals surface area contributed by atoms with Crippen LogP contribution in [0, 0.1) is 0 Å². The lowest BCUT2D eigenvalue weighted by atomic mass is 10.1. The van der Waals surface area contributed by atoms with Gasteiger partial charge in [0.05, 0.1) is 13.2 Å². The first kappa shape index (κ1) is 18.3. The first-order chi connectivity index (χ1) is 13.2. The Balaban J connectivity index is 1.31. The zero-order chi connectivity index (χ0) is 18.6. The van der Waals surface area contributed by atoms with Crippen molar-refractivity contribution in [1.29, 1.82) is 0 Å². The summed E-state index contributed by atoms with van der Waals surface area (Å²) in [5.41, 5.74) is 1.83. The van der Waals surface area contributed by atoms with Gasteiger partial charge in [-0.05, 0) is 37.1 Å². The van der Waals surface area contributed by atoms with Crippen LogP contribution >= 0.6 is 0 Å². The number of hydrogen-bond donors (Lipinski definition) is 0. The lowest BCUT2D eigenvalue weighted by Gasteiger charge is -2.36. The normalized spacial score (nSPS) is 23.6. The molecule has 3 heterocycles. The highest BCUT2D eigenvalue weighted by molar-refractivity contribution is 5.94. The first-order valence-electron chi connectivity index (χ1n) is 9.85. The van der Waals surface area contributed by atoms with E-state index in [-0.39, 0.29) is 17.9 Å². The van der Waals surface area contributed by atoms with Gasteiger partial charge in [-0.15, -0.1) is 0 Å². The molecule has 7 nitrogen and oxygen atoms in total. The number of hydrogen-bond acceptors (Lipinski definition) is 5. The van der Waals surface area contributed by atoms with Gasteiger partial charge in [0.2, 0.25) is 0 Å². The molecule has 2 amide bonds. The molecule has 27 heavy (non-hydrogen) atoms. The van der Waals surface area contributed by atoms with E-state index in [1.165, 1.54) is 0 Å². The van der Waals surface area contributed by atoms with Crippen molar-refractivity contribution < 1.29 is 19.1 Å². The van der Waals surface area contributed by atoms with Gasteiger partial charge >= 0.3 is 0 Å². The van der Waals surface area contributed by atoms with Gasteiger partial charge in [-0.2, -0.15) is 0 Å². The maximum Gasteiger partial charge on any atom is 0.253 e. The monoisotopic (exact) mass is 373 g/mol. The minimum atomic E-state index is -0.278. The van der Waals surface area contributed by atoms with Crippen molar-refractivity contribution in [1.82, 2.24) is 9.80 Å². The molecule has 0 bridgehead atoms. The van der Waals surface area contributed by atoms with E-state index in [1.807, 2.05) is 34.1 Å². The number of carbonyl (C=O) groups is 2. The largest absolute Gasteiger partial charge is 0.378 e. The maximum absolute atomic E-state index is 12.8. The van der Waals surface area contributed by atoms with Crippen molar-refractivity contribution in [2.45, 2.75) is 18.9 Å². The van der Waals surface area contributed by atoms with E-state index in [9.17, 15) is 9.59 Å². The van der Waals surface area contributed by atoms with Crippen LogP contribution < -0.4 is 4.90 Å². The topological polar surface area (TPSA) is 62.3 Å². The number of morpholine rings is 1. The Hall–Kier alpha value is -2.12. The molecule has 7 heteroatoms. The van der Waals surface area contributed by atoms with Crippen LogP contribution in [0.2, 0.25) is 0 Å². The summed E-state index contributed by atoms with van der Waals surface area (Å²) in [5, 5.41) is 0. The number of nitrogens with zero attached hydrogens (tertiary/aromatic N) is 3. The second-order valence-electron chi connectivity index (χ2n) is 7.27. The second-order valence-corrected chi connectivity index (χ2v) is 7.27. The number of benzene rings is 1. The summed E-state index contributed by atoms with van der Waals surface area (Å²) in [6.07, 6.45) is 1.49. The molecule has 0 spiro atoms. The molecule has 0 saturated carbocycles. The predicted molar refractivity (Wildman–Crippen MR) is 101 cm³/mol. The number of ether oxygens (including phenoxy) is 2. The Labute approximate surface area is 159 Å². The van der Waals surface area contributed by atoms with Crippen molar-refractivity contribution in [2.24, 2.45) is 0 Å². The average Bonchev–Trinajstić information content (AvgIpc) is 3.28. The zero-order valence-corrected chi connectivity index (χ0v) is 15.6. The highest BCUT2D eigenvalue weighted by Gasteiger charge is 2.31. The lowest BCUT2D eigenvalue weighted by molar-refractivity contribution is -0.142. The summed E-state index contributed by atoms with van der Waals surface area (Å²) < 4.78 is 10.9. The molecule has 3 fully saturated rings. The molecule has 1 aromatic rings. The van der Waals surface area contributed by atoms with Crippen molar-refractivity contribution in [3.8, 4) is 0 Å². The SMILES string of the molecule is O=C(c1ccc(N2CCOCC2)cc1)N1CCN(C(=O)C2CCCO2)CC1. The lowest BCUT2D eigenvalue weighted by Crippen LogP contribution is -2.52. The number of carbonyl (C=O) groups excluding carboxylic acids is 2. The van der Waals surface area contributed by atoms with E-state index in [0.717, 1.165) is 44.8 Å². The Bertz CT molecular complexity index is 658. The molecular formula is C20H27N3O4. The van der Waals surface area contributed by atoms with Crippen LogP contribution in [0.4, 0.5) is 5.69 Å². The predicted octanol–water partition coefficient (Wildman–Crippen LogP) is 0.987. The Morgan fingerprint density at radius 1 is 0.852 bits per heavy atom. The Morgan fingerprint density at radius 2 is 1.52 bits per heavy atom. The second kappa shape index (κ2) is 8.27. The summed E-state index contributed by atoms with van der Waals surface area (Å²) in [4.78, 5) is 31.1. The Morgan fingerprint density at radius 3 is 2.15 bits per heavy atom.